The Hall–Kier alpha value is -2.75. The Morgan fingerprint density at radius 2 is 1.94 bits per heavy atom. The van der Waals surface area contributed by atoms with Gasteiger partial charge >= 0.3 is 0 Å². The van der Waals surface area contributed by atoms with Crippen LogP contribution in [0.15, 0.2) is 65.9 Å². The Bertz CT molecular complexity index is 1210. The van der Waals surface area contributed by atoms with E-state index in [0.29, 0.717) is 11.4 Å². The first-order chi connectivity index (χ1) is 14.9. The largest absolute Gasteiger partial charge is 0.358 e. The molecule has 2 N–H and O–H groups in total. The van der Waals surface area contributed by atoms with Gasteiger partial charge in [0.2, 0.25) is 0 Å². The Balaban J connectivity index is 1.53. The minimum Gasteiger partial charge on any atom is -0.358 e. The van der Waals surface area contributed by atoms with Crippen LogP contribution in [-0.4, -0.2) is 47.1 Å². The Morgan fingerprint density at radius 3 is 2.61 bits per heavy atom. The number of rotatable bonds is 5. The molecule has 160 valence electrons. The van der Waals surface area contributed by atoms with Crippen molar-refractivity contribution >= 4 is 45.0 Å². The van der Waals surface area contributed by atoms with Crippen LogP contribution in [-0.2, 0) is 9.84 Å². The number of hydrogen-bond donors (Lipinski definition) is 2. The second kappa shape index (κ2) is 9.17. The van der Waals surface area contributed by atoms with Gasteiger partial charge in [0.05, 0.1) is 23.4 Å². The standard InChI is InChI=1S/C21H20ClN5O2S2/c22-17-8-6-15(7-9-17)20-16(13-27(26-20)19-4-2-1-3-5-19)12-23-25-21(30)24-18-10-11-31(28,29)14-18/h1-9,12-13,18H,10-11,14H2,(H2,24,25,30)/b23-12+. The third-order valence-electron chi connectivity index (χ3n) is 4.82. The summed E-state index contributed by atoms with van der Waals surface area (Å²) in [6.07, 6.45) is 4.05. The van der Waals surface area contributed by atoms with Crippen LogP contribution in [0.2, 0.25) is 5.02 Å². The monoisotopic (exact) mass is 473 g/mol. The van der Waals surface area contributed by atoms with E-state index in [1.807, 2.05) is 60.8 Å². The van der Waals surface area contributed by atoms with Crippen LogP contribution >= 0.6 is 23.8 Å². The fraction of sp³-hybridized carbons (Fsp3) is 0.190. The molecule has 7 nitrogen and oxygen atoms in total. The van der Waals surface area contributed by atoms with Crippen LogP contribution in [0.4, 0.5) is 0 Å². The molecule has 1 aliphatic rings. The van der Waals surface area contributed by atoms with Crippen molar-refractivity contribution in [3.05, 3.63) is 71.4 Å². The number of aromatic nitrogens is 2. The lowest BCUT2D eigenvalue weighted by Gasteiger charge is -2.11. The normalized spacial score (nSPS) is 17.6. The van der Waals surface area contributed by atoms with Crippen LogP contribution in [0, 0.1) is 0 Å². The maximum atomic E-state index is 11.6. The predicted molar refractivity (Wildman–Crippen MR) is 128 cm³/mol. The fourth-order valence-electron chi connectivity index (χ4n) is 3.31. The summed E-state index contributed by atoms with van der Waals surface area (Å²) in [5.41, 5.74) is 6.11. The summed E-state index contributed by atoms with van der Waals surface area (Å²) in [5.74, 6) is 0.267. The molecule has 0 saturated carbocycles. The number of nitrogens with one attached hydrogen (secondary N) is 2. The summed E-state index contributed by atoms with van der Waals surface area (Å²) >= 11 is 11.3. The highest BCUT2D eigenvalue weighted by atomic mass is 35.5. The molecule has 0 radical (unpaired) electrons. The van der Waals surface area contributed by atoms with Crippen molar-refractivity contribution < 1.29 is 8.42 Å². The van der Waals surface area contributed by atoms with E-state index in [4.69, 9.17) is 28.9 Å². The minimum atomic E-state index is -2.98. The Morgan fingerprint density at radius 1 is 1.19 bits per heavy atom. The molecule has 3 aromatic rings. The summed E-state index contributed by atoms with van der Waals surface area (Å²) < 4.78 is 24.9. The first kappa shape index (κ1) is 21.5. The van der Waals surface area contributed by atoms with E-state index in [2.05, 4.69) is 15.8 Å². The van der Waals surface area contributed by atoms with Crippen molar-refractivity contribution in [1.29, 1.82) is 0 Å². The van der Waals surface area contributed by atoms with E-state index in [-0.39, 0.29) is 22.7 Å². The van der Waals surface area contributed by atoms with Gasteiger partial charge in [-0.1, -0.05) is 41.9 Å². The molecule has 2 heterocycles. The smallest absolute Gasteiger partial charge is 0.187 e. The summed E-state index contributed by atoms with van der Waals surface area (Å²) in [6, 6.07) is 17.0. The van der Waals surface area contributed by atoms with Crippen molar-refractivity contribution in [3.63, 3.8) is 0 Å². The minimum absolute atomic E-state index is 0.0864. The van der Waals surface area contributed by atoms with Crippen molar-refractivity contribution in [2.75, 3.05) is 11.5 Å². The molecule has 0 spiro atoms. The van der Waals surface area contributed by atoms with Gasteiger partial charge in [-0.3, -0.25) is 5.43 Å². The third kappa shape index (κ3) is 5.49. The van der Waals surface area contributed by atoms with Crippen LogP contribution in [0.25, 0.3) is 16.9 Å². The summed E-state index contributed by atoms with van der Waals surface area (Å²) in [4.78, 5) is 0. The SMILES string of the molecule is O=S1(=O)CCC(NC(=S)N/N=C/c2cn(-c3ccccc3)nc2-c2ccc(Cl)cc2)C1. The third-order valence-corrected chi connectivity index (χ3v) is 7.05. The molecule has 1 aliphatic heterocycles. The Kier molecular flexibility index (Phi) is 6.35. The molecule has 1 fully saturated rings. The molecule has 1 unspecified atom stereocenters. The van der Waals surface area contributed by atoms with Gasteiger partial charge in [0.15, 0.2) is 14.9 Å². The molecule has 0 amide bonds. The zero-order valence-corrected chi connectivity index (χ0v) is 18.8. The number of halogens is 1. The molecule has 1 aromatic heterocycles. The average molecular weight is 474 g/mol. The lowest BCUT2D eigenvalue weighted by molar-refractivity contribution is 0.600. The molecular weight excluding hydrogens is 454 g/mol. The molecular formula is C21H20ClN5O2S2. The van der Waals surface area contributed by atoms with E-state index in [9.17, 15) is 8.42 Å². The number of para-hydroxylation sites is 1. The van der Waals surface area contributed by atoms with Gasteiger partial charge in [0.1, 0.15) is 5.69 Å². The van der Waals surface area contributed by atoms with Crippen LogP contribution in [0.1, 0.15) is 12.0 Å². The number of thiocarbonyl (C=S) groups is 1. The average Bonchev–Trinajstić information content (AvgIpc) is 3.32. The van der Waals surface area contributed by atoms with Crippen molar-refractivity contribution in [2.45, 2.75) is 12.5 Å². The number of hydrogen-bond acceptors (Lipinski definition) is 5. The molecule has 31 heavy (non-hydrogen) atoms. The highest BCUT2D eigenvalue weighted by molar-refractivity contribution is 7.91. The van der Waals surface area contributed by atoms with Crippen molar-refractivity contribution in [2.24, 2.45) is 5.10 Å². The quantitative estimate of drug-likeness (QED) is 0.336. The van der Waals surface area contributed by atoms with Crippen molar-refractivity contribution in [1.82, 2.24) is 20.5 Å². The van der Waals surface area contributed by atoms with E-state index < -0.39 is 9.84 Å². The van der Waals surface area contributed by atoms with E-state index in [1.54, 1.807) is 10.9 Å². The van der Waals surface area contributed by atoms with Gasteiger partial charge in [-0.15, -0.1) is 0 Å². The zero-order valence-electron chi connectivity index (χ0n) is 16.4. The molecule has 0 aliphatic carbocycles. The van der Waals surface area contributed by atoms with Gasteiger partial charge in [-0.2, -0.15) is 10.2 Å². The summed E-state index contributed by atoms with van der Waals surface area (Å²) in [7, 11) is -2.98. The van der Waals surface area contributed by atoms with Crippen LogP contribution in [0.5, 0.6) is 0 Å². The molecule has 1 atom stereocenters. The first-order valence-corrected chi connectivity index (χ1v) is 12.2. The van der Waals surface area contributed by atoms with Gasteiger partial charge in [-0.05, 0) is 42.9 Å². The van der Waals surface area contributed by atoms with E-state index in [0.717, 1.165) is 22.5 Å². The number of nitrogens with zero attached hydrogens (tertiary/aromatic N) is 3. The van der Waals surface area contributed by atoms with Crippen LogP contribution < -0.4 is 10.7 Å². The molecule has 10 heteroatoms. The predicted octanol–water partition coefficient (Wildman–Crippen LogP) is 3.18. The highest BCUT2D eigenvalue weighted by Crippen LogP contribution is 2.24. The molecule has 2 aromatic carbocycles. The second-order valence-corrected chi connectivity index (χ2v) is 10.2. The topological polar surface area (TPSA) is 88.4 Å². The summed E-state index contributed by atoms with van der Waals surface area (Å²) in [5, 5.41) is 12.9. The van der Waals surface area contributed by atoms with Crippen molar-refractivity contribution in [3.8, 4) is 16.9 Å². The molecule has 1 saturated heterocycles. The summed E-state index contributed by atoms with van der Waals surface area (Å²) in [6.45, 7) is 0. The lowest BCUT2D eigenvalue weighted by atomic mass is 10.1. The second-order valence-electron chi connectivity index (χ2n) is 7.16. The number of benzene rings is 2. The highest BCUT2D eigenvalue weighted by Gasteiger charge is 2.28. The first-order valence-electron chi connectivity index (χ1n) is 9.61. The van der Waals surface area contributed by atoms with Gasteiger partial charge in [0, 0.05) is 28.4 Å². The molecule has 0 bridgehead atoms. The molecule has 4 rings (SSSR count). The van der Waals surface area contributed by atoms with Gasteiger partial charge in [0.25, 0.3) is 0 Å². The van der Waals surface area contributed by atoms with Crippen LogP contribution in [0.3, 0.4) is 0 Å². The maximum absolute atomic E-state index is 11.6. The Labute approximate surface area is 191 Å². The van der Waals surface area contributed by atoms with Gasteiger partial charge < -0.3 is 5.32 Å². The maximum Gasteiger partial charge on any atom is 0.187 e. The number of hydrazone groups is 1. The fourth-order valence-corrected chi connectivity index (χ4v) is 5.33. The van der Waals surface area contributed by atoms with E-state index >= 15 is 0 Å². The number of sulfone groups is 1. The lowest BCUT2D eigenvalue weighted by Crippen LogP contribution is -2.40. The zero-order chi connectivity index (χ0) is 21.8. The van der Waals surface area contributed by atoms with E-state index in [1.165, 1.54) is 0 Å². The van der Waals surface area contributed by atoms with Gasteiger partial charge in [-0.25, -0.2) is 13.1 Å².